The first kappa shape index (κ1) is 23.8. The summed E-state index contributed by atoms with van der Waals surface area (Å²) in [5.74, 6) is 4.99. The molecule has 0 aromatic heterocycles. The van der Waals surface area contributed by atoms with Crippen LogP contribution in [-0.2, 0) is 0 Å². The van der Waals surface area contributed by atoms with Crippen LogP contribution in [-0.4, -0.2) is 22.4 Å². The van der Waals surface area contributed by atoms with Crippen molar-refractivity contribution < 1.29 is 10.2 Å². The second-order valence-electron chi connectivity index (χ2n) is 13.0. The van der Waals surface area contributed by atoms with Gasteiger partial charge in [-0.05, 0) is 104 Å². The molecule has 0 heterocycles. The summed E-state index contributed by atoms with van der Waals surface area (Å²) in [7, 11) is 0. The summed E-state index contributed by atoms with van der Waals surface area (Å²) in [5, 5.41) is 21.6. The minimum absolute atomic E-state index is 0.202. The molecule has 3 fully saturated rings. The molecule has 0 aromatic rings. The number of hydrogen-bond donors (Lipinski definition) is 2. The highest BCUT2D eigenvalue weighted by molar-refractivity contribution is 5.27. The van der Waals surface area contributed by atoms with Gasteiger partial charge in [0.05, 0.1) is 12.2 Å². The van der Waals surface area contributed by atoms with E-state index in [1.54, 1.807) is 0 Å². The molecule has 31 heavy (non-hydrogen) atoms. The van der Waals surface area contributed by atoms with Crippen molar-refractivity contribution in [1.82, 2.24) is 0 Å². The molecule has 0 aromatic carbocycles. The van der Waals surface area contributed by atoms with E-state index >= 15 is 0 Å². The molecule has 0 bridgehead atoms. The zero-order chi connectivity index (χ0) is 22.6. The summed E-state index contributed by atoms with van der Waals surface area (Å²) in [6.07, 6.45) is 13.9. The smallest absolute Gasteiger partial charge is 0.0757 e. The fourth-order valence-electron chi connectivity index (χ4n) is 9.29. The third-order valence-electron chi connectivity index (χ3n) is 11.3. The average molecular weight is 431 g/mol. The Hall–Kier alpha value is -0.340. The summed E-state index contributed by atoms with van der Waals surface area (Å²) < 4.78 is 0. The van der Waals surface area contributed by atoms with Crippen LogP contribution >= 0.6 is 0 Å². The number of aliphatic hydroxyl groups excluding tert-OH is 2. The molecule has 3 saturated carbocycles. The van der Waals surface area contributed by atoms with Gasteiger partial charge in [-0.2, -0.15) is 0 Å². The first-order valence-corrected chi connectivity index (χ1v) is 13.7. The molecule has 0 amide bonds. The molecular formula is C29H50O2. The van der Waals surface area contributed by atoms with Crippen LogP contribution in [0.1, 0.15) is 106 Å². The first-order chi connectivity index (χ1) is 14.6. The molecule has 178 valence electrons. The van der Waals surface area contributed by atoms with Gasteiger partial charge in [-0.1, -0.05) is 66.0 Å². The van der Waals surface area contributed by atoms with Gasteiger partial charge in [-0.25, -0.2) is 0 Å². The van der Waals surface area contributed by atoms with Crippen LogP contribution in [0.2, 0.25) is 0 Å². The van der Waals surface area contributed by atoms with Crippen LogP contribution in [0.3, 0.4) is 0 Å². The zero-order valence-electron chi connectivity index (χ0n) is 21.2. The lowest BCUT2D eigenvalue weighted by atomic mass is 9.46. The monoisotopic (exact) mass is 430 g/mol. The van der Waals surface area contributed by atoms with E-state index in [9.17, 15) is 10.2 Å². The van der Waals surface area contributed by atoms with Crippen molar-refractivity contribution in [3.05, 3.63) is 11.6 Å². The summed E-state index contributed by atoms with van der Waals surface area (Å²) in [6, 6.07) is 0. The van der Waals surface area contributed by atoms with E-state index in [1.165, 1.54) is 50.5 Å². The van der Waals surface area contributed by atoms with Crippen molar-refractivity contribution in [2.45, 2.75) is 118 Å². The predicted octanol–water partition coefficient (Wildman–Crippen LogP) is 7.00. The maximum atomic E-state index is 11.3. The second-order valence-corrected chi connectivity index (χ2v) is 13.0. The van der Waals surface area contributed by atoms with Gasteiger partial charge in [-0.3, -0.25) is 0 Å². The summed E-state index contributed by atoms with van der Waals surface area (Å²) in [4.78, 5) is 0. The molecule has 2 heteroatoms. The molecule has 10 atom stereocenters. The Bertz CT molecular complexity index is 668. The molecule has 0 aliphatic heterocycles. The Morgan fingerprint density at radius 3 is 2.39 bits per heavy atom. The lowest BCUT2D eigenvalue weighted by molar-refractivity contribution is -0.0972. The van der Waals surface area contributed by atoms with Crippen molar-refractivity contribution in [2.75, 3.05) is 0 Å². The van der Waals surface area contributed by atoms with Crippen LogP contribution in [0.4, 0.5) is 0 Å². The molecule has 0 saturated heterocycles. The van der Waals surface area contributed by atoms with E-state index in [1.807, 2.05) is 0 Å². The van der Waals surface area contributed by atoms with Crippen molar-refractivity contribution >= 4 is 0 Å². The number of rotatable bonds is 6. The average Bonchev–Trinajstić information content (AvgIpc) is 3.06. The van der Waals surface area contributed by atoms with Gasteiger partial charge < -0.3 is 10.2 Å². The van der Waals surface area contributed by atoms with E-state index in [2.05, 4.69) is 47.6 Å². The fourth-order valence-corrected chi connectivity index (χ4v) is 9.29. The molecule has 2 N–H and O–H groups in total. The lowest BCUT2D eigenvalue weighted by Gasteiger charge is -2.59. The Labute approximate surface area is 192 Å². The SMILES string of the molecule is CC[C@H](CC[C@@H](C)[C@H]1CCC2C3C(CC[C@@]21C)[C@@]1(C)CC[C@H](O)CC1=C[C@@H]3O)C(C)C. The molecular weight excluding hydrogens is 380 g/mol. The molecule has 4 rings (SSSR count). The molecule has 0 radical (unpaired) electrons. The minimum Gasteiger partial charge on any atom is -0.393 e. The summed E-state index contributed by atoms with van der Waals surface area (Å²) in [5.41, 5.74) is 1.97. The topological polar surface area (TPSA) is 40.5 Å². The van der Waals surface area contributed by atoms with Crippen molar-refractivity contribution in [3.63, 3.8) is 0 Å². The third-order valence-corrected chi connectivity index (χ3v) is 11.3. The lowest BCUT2D eigenvalue weighted by Crippen LogP contribution is -2.54. The van der Waals surface area contributed by atoms with Crippen LogP contribution in [0.5, 0.6) is 0 Å². The number of hydrogen-bond acceptors (Lipinski definition) is 2. The van der Waals surface area contributed by atoms with E-state index < -0.39 is 0 Å². The molecule has 4 aliphatic carbocycles. The van der Waals surface area contributed by atoms with E-state index in [-0.39, 0.29) is 17.6 Å². The highest BCUT2D eigenvalue weighted by Gasteiger charge is 2.61. The minimum atomic E-state index is -0.303. The molecule has 3 unspecified atom stereocenters. The summed E-state index contributed by atoms with van der Waals surface area (Å²) >= 11 is 0. The zero-order valence-corrected chi connectivity index (χ0v) is 21.2. The van der Waals surface area contributed by atoms with Gasteiger partial charge in [0.2, 0.25) is 0 Å². The maximum absolute atomic E-state index is 11.3. The Morgan fingerprint density at radius 1 is 0.968 bits per heavy atom. The first-order valence-electron chi connectivity index (χ1n) is 13.7. The highest BCUT2D eigenvalue weighted by atomic mass is 16.3. The number of fused-ring (bicyclic) bond motifs is 5. The van der Waals surface area contributed by atoms with Crippen LogP contribution in [0, 0.1) is 52.3 Å². The number of aliphatic hydroxyl groups is 2. The van der Waals surface area contributed by atoms with Crippen LogP contribution in [0.15, 0.2) is 11.6 Å². The quantitative estimate of drug-likeness (QED) is 0.446. The Morgan fingerprint density at radius 2 is 1.71 bits per heavy atom. The van der Waals surface area contributed by atoms with E-state index in [4.69, 9.17) is 0 Å². The van der Waals surface area contributed by atoms with Crippen molar-refractivity contribution in [2.24, 2.45) is 52.3 Å². The van der Waals surface area contributed by atoms with E-state index in [0.29, 0.717) is 23.2 Å². The second kappa shape index (κ2) is 8.79. The van der Waals surface area contributed by atoms with Crippen molar-refractivity contribution in [3.8, 4) is 0 Å². The van der Waals surface area contributed by atoms with Crippen LogP contribution in [0.25, 0.3) is 0 Å². The van der Waals surface area contributed by atoms with Gasteiger partial charge in [0, 0.05) is 0 Å². The standard InChI is InChI=1S/C29H50O2/c1-7-20(18(2)3)9-8-19(4)23-10-11-24-27-25(13-15-29(23,24)6)28(5)14-12-22(30)16-21(28)17-26(27)31/h17-20,22-27,30-31H,7-16H2,1-6H3/t19-,20-,22+,23-,24?,25?,26+,27?,28+,29-/m1/s1. The molecule has 0 spiro atoms. The van der Waals surface area contributed by atoms with Gasteiger partial charge in [0.1, 0.15) is 0 Å². The Kier molecular flexibility index (Phi) is 6.75. The molecule has 4 aliphatic rings. The summed E-state index contributed by atoms with van der Waals surface area (Å²) in [6.45, 7) is 14.7. The van der Waals surface area contributed by atoms with Crippen molar-refractivity contribution in [1.29, 1.82) is 0 Å². The largest absolute Gasteiger partial charge is 0.393 e. The van der Waals surface area contributed by atoms with Crippen LogP contribution < -0.4 is 0 Å². The van der Waals surface area contributed by atoms with Gasteiger partial charge in [0.25, 0.3) is 0 Å². The predicted molar refractivity (Wildman–Crippen MR) is 130 cm³/mol. The third kappa shape index (κ3) is 3.96. The van der Waals surface area contributed by atoms with Gasteiger partial charge in [0.15, 0.2) is 0 Å². The van der Waals surface area contributed by atoms with Gasteiger partial charge in [-0.15, -0.1) is 0 Å². The van der Waals surface area contributed by atoms with E-state index in [0.717, 1.165) is 42.9 Å². The fraction of sp³-hybridized carbons (Fsp3) is 0.931. The Balaban J connectivity index is 1.52. The van der Waals surface area contributed by atoms with Gasteiger partial charge >= 0.3 is 0 Å². The molecule has 2 nitrogen and oxygen atoms in total. The normalized spacial score (nSPS) is 46.7. The highest BCUT2D eigenvalue weighted by Crippen LogP contribution is 2.67. The maximum Gasteiger partial charge on any atom is 0.0757 e.